The van der Waals surface area contributed by atoms with E-state index in [0.717, 1.165) is 28.0 Å². The second-order valence-corrected chi connectivity index (χ2v) is 7.23. The van der Waals surface area contributed by atoms with Crippen LogP contribution >= 0.6 is 0 Å². The lowest BCUT2D eigenvalue weighted by atomic mass is 9.97. The van der Waals surface area contributed by atoms with Gasteiger partial charge in [0.2, 0.25) is 11.8 Å². The number of aryl methyl sites for hydroxylation is 1. The first-order valence-electron chi connectivity index (χ1n) is 9.29. The number of amides is 1. The van der Waals surface area contributed by atoms with Crippen LogP contribution in [0.15, 0.2) is 30.5 Å². The third-order valence-corrected chi connectivity index (χ3v) is 5.36. The van der Waals surface area contributed by atoms with Crippen LogP contribution < -0.4 is 20.9 Å². The lowest BCUT2D eigenvalue weighted by Crippen LogP contribution is -2.41. The Morgan fingerprint density at radius 2 is 2.04 bits per heavy atom. The van der Waals surface area contributed by atoms with E-state index in [1.54, 1.807) is 13.3 Å². The van der Waals surface area contributed by atoms with Crippen molar-refractivity contribution in [1.82, 2.24) is 25.8 Å². The molecule has 1 aliphatic heterocycles. The van der Waals surface area contributed by atoms with Gasteiger partial charge in [0.25, 0.3) is 0 Å². The monoisotopic (exact) mass is 380 g/mol. The topological polar surface area (TPSA) is 104 Å². The van der Waals surface area contributed by atoms with Crippen molar-refractivity contribution < 1.29 is 9.53 Å². The van der Waals surface area contributed by atoms with Crippen LogP contribution in [0.1, 0.15) is 19.5 Å². The van der Waals surface area contributed by atoms with Crippen LogP contribution in [0.4, 0.5) is 5.69 Å². The number of pyridine rings is 2. The summed E-state index contributed by atoms with van der Waals surface area (Å²) in [6.45, 7) is 6.04. The van der Waals surface area contributed by atoms with Gasteiger partial charge < -0.3 is 15.0 Å². The van der Waals surface area contributed by atoms with Crippen molar-refractivity contribution in [3.63, 3.8) is 0 Å². The van der Waals surface area contributed by atoms with Crippen LogP contribution in [-0.2, 0) is 4.79 Å². The Bertz CT molecular complexity index is 1030. The molecule has 8 heteroatoms. The highest BCUT2D eigenvalue weighted by Crippen LogP contribution is 2.28. The van der Waals surface area contributed by atoms with Crippen LogP contribution in [0, 0.1) is 12.8 Å². The van der Waals surface area contributed by atoms with Crippen molar-refractivity contribution in [2.45, 2.75) is 32.9 Å². The fourth-order valence-electron chi connectivity index (χ4n) is 3.46. The van der Waals surface area contributed by atoms with Crippen LogP contribution in [-0.4, -0.2) is 40.1 Å². The molecule has 0 aliphatic carbocycles. The molecule has 28 heavy (non-hydrogen) atoms. The summed E-state index contributed by atoms with van der Waals surface area (Å²) < 4.78 is 5.17. The molecule has 0 spiro atoms. The normalized spacial score (nSPS) is 21.8. The first-order chi connectivity index (χ1) is 13.5. The number of fused-ring (bicyclic) bond motifs is 1. The van der Waals surface area contributed by atoms with Crippen molar-refractivity contribution >= 4 is 22.6 Å². The SMILES string of the molecule is COc1ccc(-c2cc3cc(NC(=O)C4NNC(C)C4C)cnc3[nH]2)c(C)n1. The zero-order valence-electron chi connectivity index (χ0n) is 16.3. The Hall–Kier alpha value is -2.97. The maximum atomic E-state index is 12.6. The Balaban J connectivity index is 1.58. The van der Waals surface area contributed by atoms with E-state index in [-0.39, 0.29) is 23.9 Å². The predicted octanol–water partition coefficient (Wildman–Crippen LogP) is 2.38. The maximum Gasteiger partial charge on any atom is 0.243 e. The molecule has 4 heterocycles. The van der Waals surface area contributed by atoms with Crippen molar-refractivity contribution in [3.05, 3.63) is 36.2 Å². The first-order valence-corrected chi connectivity index (χ1v) is 9.29. The number of rotatable bonds is 4. The van der Waals surface area contributed by atoms with Gasteiger partial charge in [-0.05, 0) is 38.0 Å². The Labute approximate surface area is 163 Å². The van der Waals surface area contributed by atoms with Gasteiger partial charge in [0.05, 0.1) is 24.7 Å². The number of anilines is 1. The molecule has 146 valence electrons. The highest BCUT2D eigenvalue weighted by Gasteiger charge is 2.34. The van der Waals surface area contributed by atoms with Crippen LogP contribution in [0.25, 0.3) is 22.3 Å². The number of hydrogen-bond acceptors (Lipinski definition) is 6. The first kappa shape index (κ1) is 18.4. The predicted molar refractivity (Wildman–Crippen MR) is 108 cm³/mol. The second-order valence-electron chi connectivity index (χ2n) is 7.23. The molecule has 4 N–H and O–H groups in total. The molecular formula is C20H24N6O2. The highest BCUT2D eigenvalue weighted by molar-refractivity contribution is 5.97. The van der Waals surface area contributed by atoms with Crippen LogP contribution in [0.3, 0.4) is 0 Å². The minimum Gasteiger partial charge on any atom is -0.481 e. The summed E-state index contributed by atoms with van der Waals surface area (Å²) in [5.41, 5.74) is 10.3. The van der Waals surface area contributed by atoms with Gasteiger partial charge >= 0.3 is 0 Å². The number of hydrogen-bond donors (Lipinski definition) is 4. The van der Waals surface area contributed by atoms with Gasteiger partial charge in [-0.2, -0.15) is 0 Å². The summed E-state index contributed by atoms with van der Waals surface area (Å²) >= 11 is 0. The van der Waals surface area contributed by atoms with E-state index in [0.29, 0.717) is 11.6 Å². The second kappa shape index (κ2) is 7.21. The molecule has 1 saturated heterocycles. The smallest absolute Gasteiger partial charge is 0.243 e. The van der Waals surface area contributed by atoms with Gasteiger partial charge in [0.1, 0.15) is 11.7 Å². The summed E-state index contributed by atoms with van der Waals surface area (Å²) in [6.07, 6.45) is 1.66. The lowest BCUT2D eigenvalue weighted by Gasteiger charge is -2.15. The molecule has 0 saturated carbocycles. The molecule has 3 aromatic rings. The van der Waals surface area contributed by atoms with E-state index < -0.39 is 0 Å². The van der Waals surface area contributed by atoms with Crippen molar-refractivity contribution in [2.75, 3.05) is 12.4 Å². The number of ether oxygens (including phenoxy) is 1. The van der Waals surface area contributed by atoms with Gasteiger partial charge in [0, 0.05) is 28.8 Å². The van der Waals surface area contributed by atoms with Crippen molar-refractivity contribution in [1.29, 1.82) is 0 Å². The van der Waals surface area contributed by atoms with E-state index in [1.807, 2.05) is 38.1 Å². The van der Waals surface area contributed by atoms with Gasteiger partial charge in [-0.25, -0.2) is 15.4 Å². The molecule has 0 bridgehead atoms. The molecule has 1 amide bonds. The largest absolute Gasteiger partial charge is 0.481 e. The van der Waals surface area contributed by atoms with Crippen LogP contribution in [0.2, 0.25) is 0 Å². The van der Waals surface area contributed by atoms with E-state index in [9.17, 15) is 4.79 Å². The number of carbonyl (C=O) groups excluding carboxylic acids is 1. The Kier molecular flexibility index (Phi) is 4.74. The number of methoxy groups -OCH3 is 1. The fraction of sp³-hybridized carbons (Fsp3) is 0.350. The molecule has 3 aromatic heterocycles. The van der Waals surface area contributed by atoms with E-state index >= 15 is 0 Å². The lowest BCUT2D eigenvalue weighted by molar-refractivity contribution is -0.118. The average Bonchev–Trinajstić information content (AvgIpc) is 3.24. The fourth-order valence-corrected chi connectivity index (χ4v) is 3.46. The third kappa shape index (κ3) is 3.32. The molecule has 4 rings (SSSR count). The Morgan fingerprint density at radius 1 is 1.21 bits per heavy atom. The van der Waals surface area contributed by atoms with Gasteiger partial charge in [-0.15, -0.1) is 0 Å². The molecular weight excluding hydrogens is 356 g/mol. The minimum absolute atomic E-state index is 0.0727. The van der Waals surface area contributed by atoms with E-state index in [4.69, 9.17) is 4.74 Å². The number of nitrogens with one attached hydrogen (secondary N) is 4. The average molecular weight is 380 g/mol. The molecule has 1 aliphatic rings. The standard InChI is InChI=1S/C20H24N6O2/c1-10-11(2)25-26-18(10)20(27)23-14-7-13-8-16(24-19(13)21-9-14)15-5-6-17(28-4)22-12(15)3/h5-11,18,25-26H,1-4H3,(H,21,24)(H,23,27). The number of aromatic amines is 1. The summed E-state index contributed by atoms with van der Waals surface area (Å²) in [7, 11) is 1.60. The molecule has 3 unspecified atom stereocenters. The molecule has 0 radical (unpaired) electrons. The molecule has 8 nitrogen and oxygen atoms in total. The summed E-state index contributed by atoms with van der Waals surface area (Å²) in [5.74, 6) is 0.705. The van der Waals surface area contributed by atoms with Gasteiger partial charge in [-0.1, -0.05) is 6.92 Å². The molecule has 3 atom stereocenters. The summed E-state index contributed by atoms with van der Waals surface area (Å²) in [5, 5.41) is 3.87. The molecule has 1 fully saturated rings. The molecule has 0 aromatic carbocycles. The van der Waals surface area contributed by atoms with Crippen molar-refractivity contribution in [3.8, 4) is 17.1 Å². The van der Waals surface area contributed by atoms with Gasteiger partial charge in [-0.3, -0.25) is 10.2 Å². The maximum absolute atomic E-state index is 12.6. The highest BCUT2D eigenvalue weighted by atomic mass is 16.5. The number of carbonyl (C=O) groups is 1. The summed E-state index contributed by atoms with van der Waals surface area (Å²) in [6, 6.07) is 7.69. The van der Waals surface area contributed by atoms with Crippen LogP contribution in [0.5, 0.6) is 5.88 Å². The number of hydrazine groups is 1. The zero-order chi connectivity index (χ0) is 19.8. The van der Waals surface area contributed by atoms with Crippen molar-refractivity contribution in [2.24, 2.45) is 5.92 Å². The number of nitrogens with zero attached hydrogens (tertiary/aromatic N) is 2. The quantitative estimate of drug-likeness (QED) is 0.554. The number of H-pyrrole nitrogens is 1. The van der Waals surface area contributed by atoms with E-state index in [1.165, 1.54) is 0 Å². The Morgan fingerprint density at radius 3 is 2.71 bits per heavy atom. The number of aromatic nitrogens is 3. The summed E-state index contributed by atoms with van der Waals surface area (Å²) in [4.78, 5) is 24.8. The van der Waals surface area contributed by atoms with Gasteiger partial charge in [0.15, 0.2) is 0 Å². The van der Waals surface area contributed by atoms with E-state index in [2.05, 4.69) is 38.0 Å². The third-order valence-electron chi connectivity index (χ3n) is 5.36. The zero-order valence-corrected chi connectivity index (χ0v) is 16.3. The minimum atomic E-state index is -0.277.